The monoisotopic (exact) mass is 283 g/mol. The van der Waals surface area contributed by atoms with Crippen molar-refractivity contribution >= 4 is 22.1 Å². The van der Waals surface area contributed by atoms with Gasteiger partial charge in [-0.3, -0.25) is 0 Å². The van der Waals surface area contributed by atoms with Gasteiger partial charge >= 0.3 is 5.97 Å². The van der Waals surface area contributed by atoms with Gasteiger partial charge in [-0.05, 0) is 24.1 Å². The Labute approximate surface area is 113 Å². The van der Waals surface area contributed by atoms with Gasteiger partial charge in [0.15, 0.2) is 0 Å². The lowest BCUT2D eigenvalue weighted by molar-refractivity contribution is -0.131. The first-order valence-corrected chi connectivity index (χ1v) is 7.40. The van der Waals surface area contributed by atoms with E-state index in [0.717, 1.165) is 17.2 Å². The maximum atomic E-state index is 11.6. The van der Waals surface area contributed by atoms with Crippen LogP contribution in [0.4, 0.5) is 0 Å². The fourth-order valence-electron chi connectivity index (χ4n) is 1.54. The van der Waals surface area contributed by atoms with Crippen LogP contribution in [-0.2, 0) is 21.4 Å². The van der Waals surface area contributed by atoms with Crippen LogP contribution in [0.3, 0.4) is 0 Å². The van der Waals surface area contributed by atoms with E-state index in [2.05, 4.69) is 0 Å². The zero-order chi connectivity index (χ0) is 14.5. The van der Waals surface area contributed by atoms with E-state index >= 15 is 0 Å². The molecule has 0 saturated heterocycles. The molecule has 0 fully saturated rings. The molecule has 1 rings (SSSR count). The van der Waals surface area contributed by atoms with Crippen LogP contribution in [0, 0.1) is 0 Å². The first-order valence-electron chi connectivity index (χ1n) is 5.79. The first kappa shape index (κ1) is 15.4. The largest absolute Gasteiger partial charge is 0.478 e. The Balaban J connectivity index is 2.86. The highest BCUT2D eigenvalue weighted by atomic mass is 32.2. The van der Waals surface area contributed by atoms with Gasteiger partial charge in [0.05, 0.1) is 5.75 Å². The maximum Gasteiger partial charge on any atom is 0.328 e. The molecule has 0 saturated carbocycles. The SMILES string of the molecule is CCS(=O)(=O)N(C)Cc1cccc(C=CC(=O)O)c1. The molecule has 0 amide bonds. The molecule has 0 aliphatic rings. The van der Waals surface area contributed by atoms with Gasteiger partial charge in [0.1, 0.15) is 0 Å². The second kappa shape index (κ2) is 6.49. The number of sulfonamides is 1. The number of benzene rings is 1. The van der Waals surface area contributed by atoms with E-state index < -0.39 is 16.0 Å². The molecule has 0 bridgehead atoms. The highest BCUT2D eigenvalue weighted by molar-refractivity contribution is 7.89. The summed E-state index contributed by atoms with van der Waals surface area (Å²) in [6.45, 7) is 1.86. The summed E-state index contributed by atoms with van der Waals surface area (Å²) in [6, 6.07) is 7.10. The summed E-state index contributed by atoms with van der Waals surface area (Å²) in [7, 11) is -1.69. The first-order chi connectivity index (χ1) is 8.85. The molecule has 0 heterocycles. The average Bonchev–Trinajstić information content (AvgIpc) is 2.36. The molecule has 0 unspecified atom stereocenters. The molecule has 1 aromatic carbocycles. The van der Waals surface area contributed by atoms with Crippen molar-refractivity contribution in [3.63, 3.8) is 0 Å². The zero-order valence-corrected chi connectivity index (χ0v) is 11.7. The van der Waals surface area contributed by atoms with Gasteiger partial charge in [-0.2, -0.15) is 0 Å². The van der Waals surface area contributed by atoms with Gasteiger partial charge in [0, 0.05) is 19.7 Å². The van der Waals surface area contributed by atoms with Crippen LogP contribution >= 0.6 is 0 Å². The van der Waals surface area contributed by atoms with Gasteiger partial charge in [-0.1, -0.05) is 24.3 Å². The Bertz CT molecular complexity index is 578. The summed E-state index contributed by atoms with van der Waals surface area (Å²) in [4.78, 5) is 10.4. The van der Waals surface area contributed by atoms with Crippen LogP contribution < -0.4 is 0 Å². The lowest BCUT2D eigenvalue weighted by Crippen LogP contribution is -2.27. The van der Waals surface area contributed by atoms with E-state index in [1.807, 2.05) is 0 Å². The number of carbonyl (C=O) groups is 1. The Hall–Kier alpha value is -1.66. The van der Waals surface area contributed by atoms with Gasteiger partial charge in [-0.25, -0.2) is 17.5 Å². The van der Waals surface area contributed by atoms with Crippen LogP contribution in [0.15, 0.2) is 30.3 Å². The van der Waals surface area contributed by atoms with E-state index in [4.69, 9.17) is 5.11 Å². The smallest absolute Gasteiger partial charge is 0.328 e. The van der Waals surface area contributed by atoms with Crippen molar-refractivity contribution < 1.29 is 18.3 Å². The molecule has 0 spiro atoms. The van der Waals surface area contributed by atoms with Crippen LogP contribution in [0.2, 0.25) is 0 Å². The average molecular weight is 283 g/mol. The van der Waals surface area contributed by atoms with Crippen LogP contribution in [0.1, 0.15) is 18.1 Å². The van der Waals surface area contributed by atoms with Gasteiger partial charge < -0.3 is 5.11 Å². The predicted octanol–water partition coefficient (Wildman–Crippen LogP) is 1.57. The molecule has 6 heteroatoms. The predicted molar refractivity (Wildman–Crippen MR) is 74.0 cm³/mol. The number of rotatable bonds is 6. The summed E-state index contributed by atoms with van der Waals surface area (Å²) >= 11 is 0. The van der Waals surface area contributed by atoms with Crippen molar-refractivity contribution in [3.8, 4) is 0 Å². The normalized spacial score (nSPS) is 12.2. The Morgan fingerprint density at radius 2 is 2.11 bits per heavy atom. The number of hydrogen-bond acceptors (Lipinski definition) is 3. The van der Waals surface area contributed by atoms with Gasteiger partial charge in [0.2, 0.25) is 10.0 Å². The van der Waals surface area contributed by atoms with Crippen LogP contribution in [-0.4, -0.2) is 36.6 Å². The third-order valence-corrected chi connectivity index (χ3v) is 4.42. The molecule has 0 aromatic heterocycles. The Kier molecular flexibility index (Phi) is 5.26. The molecule has 1 N–H and O–H groups in total. The van der Waals surface area contributed by atoms with E-state index in [0.29, 0.717) is 0 Å². The second-order valence-electron chi connectivity index (χ2n) is 4.07. The van der Waals surface area contributed by atoms with E-state index in [9.17, 15) is 13.2 Å². The van der Waals surface area contributed by atoms with E-state index in [1.165, 1.54) is 17.4 Å². The minimum Gasteiger partial charge on any atom is -0.478 e. The molecule has 104 valence electrons. The molecular weight excluding hydrogens is 266 g/mol. The third kappa shape index (κ3) is 4.84. The van der Waals surface area contributed by atoms with Crippen molar-refractivity contribution in [3.05, 3.63) is 41.5 Å². The number of carboxylic acids is 1. The highest BCUT2D eigenvalue weighted by Gasteiger charge is 2.14. The van der Waals surface area contributed by atoms with Crippen LogP contribution in [0.5, 0.6) is 0 Å². The van der Waals surface area contributed by atoms with Crippen molar-refractivity contribution in [1.29, 1.82) is 0 Å². The lowest BCUT2D eigenvalue weighted by atomic mass is 10.1. The molecule has 5 nitrogen and oxygen atoms in total. The fourth-order valence-corrected chi connectivity index (χ4v) is 2.33. The van der Waals surface area contributed by atoms with Gasteiger partial charge in [-0.15, -0.1) is 0 Å². The third-order valence-electron chi connectivity index (χ3n) is 2.61. The van der Waals surface area contributed by atoms with E-state index in [1.54, 1.807) is 31.2 Å². The molecular formula is C13H17NO4S. The fraction of sp³-hybridized carbons (Fsp3) is 0.308. The molecule has 0 aliphatic carbocycles. The standard InChI is InChI=1S/C13H17NO4S/c1-3-19(17,18)14(2)10-12-6-4-5-11(9-12)7-8-13(15)16/h4-9H,3,10H2,1-2H3,(H,15,16). The minimum absolute atomic E-state index is 0.0576. The van der Waals surface area contributed by atoms with Gasteiger partial charge in [0.25, 0.3) is 0 Å². The van der Waals surface area contributed by atoms with Crippen molar-refractivity contribution in [2.45, 2.75) is 13.5 Å². The van der Waals surface area contributed by atoms with E-state index in [-0.39, 0.29) is 12.3 Å². The van der Waals surface area contributed by atoms with Crippen LogP contribution in [0.25, 0.3) is 6.08 Å². The van der Waals surface area contributed by atoms with Crippen molar-refractivity contribution in [2.24, 2.45) is 0 Å². The molecule has 1 aromatic rings. The number of aliphatic carboxylic acids is 1. The zero-order valence-electron chi connectivity index (χ0n) is 10.9. The number of hydrogen-bond donors (Lipinski definition) is 1. The highest BCUT2D eigenvalue weighted by Crippen LogP contribution is 2.11. The number of nitrogens with zero attached hydrogens (tertiary/aromatic N) is 1. The summed E-state index contributed by atoms with van der Waals surface area (Å²) in [5, 5.41) is 8.55. The summed E-state index contributed by atoms with van der Waals surface area (Å²) in [6.07, 6.45) is 2.52. The lowest BCUT2D eigenvalue weighted by Gasteiger charge is -2.16. The topological polar surface area (TPSA) is 74.7 Å². The van der Waals surface area contributed by atoms with Crippen molar-refractivity contribution in [2.75, 3.05) is 12.8 Å². The molecule has 0 radical (unpaired) electrons. The van der Waals surface area contributed by atoms with Crippen molar-refractivity contribution in [1.82, 2.24) is 4.31 Å². The summed E-state index contributed by atoms with van der Waals surface area (Å²) in [5.41, 5.74) is 1.54. The minimum atomic E-state index is -3.21. The quantitative estimate of drug-likeness (QED) is 0.804. The summed E-state index contributed by atoms with van der Waals surface area (Å²) < 4.78 is 24.6. The Morgan fingerprint density at radius 1 is 1.42 bits per heavy atom. The summed E-state index contributed by atoms with van der Waals surface area (Å²) in [5.74, 6) is -0.960. The molecule has 19 heavy (non-hydrogen) atoms. The molecule has 0 aliphatic heterocycles. The number of carboxylic acid groups (broad SMARTS) is 1. The Morgan fingerprint density at radius 3 is 2.68 bits per heavy atom. The molecule has 0 atom stereocenters. The maximum absolute atomic E-state index is 11.6. The second-order valence-corrected chi connectivity index (χ2v) is 6.44.